The van der Waals surface area contributed by atoms with Crippen LogP contribution in [0.15, 0.2) is 48.5 Å². The lowest BCUT2D eigenvalue weighted by atomic mass is 9.87. The molecule has 0 spiro atoms. The molecule has 0 saturated carbocycles. The monoisotopic (exact) mass is 452 g/mol. The minimum absolute atomic E-state index is 0.250. The standard InChI is InChI=1S/C25H29FN4O3/c1-3-25(20-7-9-21(26)10-8-20)23(32)30(24(33)27-25)17-22(31)29-13-11-28(12-14-29)16-19-6-4-5-18(2)15-19/h4-10,15H,3,11-14,16-17H2,1-2H3,(H,27,33). The highest BCUT2D eigenvalue weighted by Gasteiger charge is 2.51. The Morgan fingerprint density at radius 2 is 1.76 bits per heavy atom. The van der Waals surface area contributed by atoms with Crippen molar-refractivity contribution >= 4 is 17.8 Å². The number of rotatable bonds is 6. The number of nitrogens with zero attached hydrogens (tertiary/aromatic N) is 3. The number of nitrogens with one attached hydrogen (secondary N) is 1. The Bertz CT molecular complexity index is 1050. The molecular formula is C25H29FN4O3. The summed E-state index contributed by atoms with van der Waals surface area (Å²) in [5.74, 6) is -1.15. The van der Waals surface area contributed by atoms with E-state index in [2.05, 4.69) is 35.3 Å². The Kier molecular flexibility index (Phi) is 6.47. The Labute approximate surface area is 193 Å². The zero-order valence-electron chi connectivity index (χ0n) is 19.0. The van der Waals surface area contributed by atoms with Crippen molar-refractivity contribution in [1.29, 1.82) is 0 Å². The van der Waals surface area contributed by atoms with E-state index in [1.165, 1.54) is 35.4 Å². The molecule has 1 N–H and O–H groups in total. The van der Waals surface area contributed by atoms with Crippen molar-refractivity contribution in [3.05, 3.63) is 71.0 Å². The zero-order chi connectivity index (χ0) is 23.6. The topological polar surface area (TPSA) is 73.0 Å². The normalized spacial score (nSPS) is 21.4. The molecule has 1 unspecified atom stereocenters. The van der Waals surface area contributed by atoms with Crippen LogP contribution in [-0.4, -0.2) is 65.3 Å². The molecule has 7 nitrogen and oxygen atoms in total. The molecule has 33 heavy (non-hydrogen) atoms. The molecule has 0 aromatic heterocycles. The SMILES string of the molecule is CCC1(c2ccc(F)cc2)NC(=O)N(CC(=O)N2CCN(Cc3cccc(C)c3)CC2)C1=O. The molecule has 0 bridgehead atoms. The number of carbonyl (C=O) groups is 3. The van der Waals surface area contributed by atoms with Gasteiger partial charge in [-0.1, -0.05) is 48.9 Å². The fraction of sp³-hybridized carbons (Fsp3) is 0.400. The summed E-state index contributed by atoms with van der Waals surface area (Å²) in [5, 5.41) is 2.74. The summed E-state index contributed by atoms with van der Waals surface area (Å²) in [4.78, 5) is 43.8. The smallest absolute Gasteiger partial charge is 0.325 e. The van der Waals surface area contributed by atoms with Gasteiger partial charge in [0, 0.05) is 32.7 Å². The number of hydrogen-bond donors (Lipinski definition) is 1. The van der Waals surface area contributed by atoms with Gasteiger partial charge in [-0.15, -0.1) is 0 Å². The number of piperazine rings is 1. The van der Waals surface area contributed by atoms with Crippen LogP contribution in [0.25, 0.3) is 0 Å². The average Bonchev–Trinajstić information content (AvgIpc) is 3.05. The van der Waals surface area contributed by atoms with E-state index in [-0.39, 0.29) is 12.5 Å². The second-order valence-corrected chi connectivity index (χ2v) is 8.73. The number of hydrogen-bond acceptors (Lipinski definition) is 4. The van der Waals surface area contributed by atoms with Crippen molar-refractivity contribution in [2.24, 2.45) is 0 Å². The lowest BCUT2D eigenvalue weighted by Crippen LogP contribution is -2.51. The average molecular weight is 453 g/mol. The largest absolute Gasteiger partial charge is 0.339 e. The summed E-state index contributed by atoms with van der Waals surface area (Å²) in [7, 11) is 0. The Morgan fingerprint density at radius 1 is 1.06 bits per heavy atom. The van der Waals surface area contributed by atoms with Crippen molar-refractivity contribution < 1.29 is 18.8 Å². The van der Waals surface area contributed by atoms with E-state index in [9.17, 15) is 18.8 Å². The fourth-order valence-corrected chi connectivity index (χ4v) is 4.60. The molecule has 2 aromatic carbocycles. The maximum absolute atomic E-state index is 13.4. The highest BCUT2D eigenvalue weighted by atomic mass is 19.1. The first-order valence-corrected chi connectivity index (χ1v) is 11.3. The minimum Gasteiger partial charge on any atom is -0.339 e. The van der Waals surface area contributed by atoms with Crippen molar-refractivity contribution in [2.75, 3.05) is 32.7 Å². The number of halogens is 1. The Balaban J connectivity index is 1.37. The van der Waals surface area contributed by atoms with Crippen molar-refractivity contribution in [3.8, 4) is 0 Å². The maximum atomic E-state index is 13.4. The van der Waals surface area contributed by atoms with Crippen LogP contribution in [0.4, 0.5) is 9.18 Å². The summed E-state index contributed by atoms with van der Waals surface area (Å²) in [6, 6.07) is 13.3. The Hall–Kier alpha value is -3.26. The zero-order valence-corrected chi connectivity index (χ0v) is 19.0. The first kappa shape index (κ1) is 22.9. The van der Waals surface area contributed by atoms with E-state index in [4.69, 9.17) is 0 Å². The van der Waals surface area contributed by atoms with Gasteiger partial charge in [0.1, 0.15) is 17.9 Å². The summed E-state index contributed by atoms with van der Waals surface area (Å²) in [5.41, 5.74) is 1.69. The number of urea groups is 1. The van der Waals surface area contributed by atoms with E-state index >= 15 is 0 Å². The van der Waals surface area contributed by atoms with Crippen LogP contribution in [0.3, 0.4) is 0 Å². The van der Waals surface area contributed by atoms with Gasteiger partial charge < -0.3 is 10.2 Å². The molecule has 4 amide bonds. The number of imide groups is 1. The summed E-state index contributed by atoms with van der Waals surface area (Å²) in [6.45, 7) is 6.93. The van der Waals surface area contributed by atoms with Crippen molar-refractivity contribution in [2.45, 2.75) is 32.4 Å². The number of amides is 4. The minimum atomic E-state index is -1.28. The molecule has 8 heteroatoms. The van der Waals surface area contributed by atoms with Gasteiger partial charge in [-0.3, -0.25) is 19.4 Å². The van der Waals surface area contributed by atoms with E-state index in [0.29, 0.717) is 25.1 Å². The van der Waals surface area contributed by atoms with Crippen LogP contribution in [-0.2, 0) is 21.7 Å². The van der Waals surface area contributed by atoms with Crippen LogP contribution in [0, 0.1) is 12.7 Å². The first-order valence-electron chi connectivity index (χ1n) is 11.3. The molecule has 0 radical (unpaired) electrons. The van der Waals surface area contributed by atoms with Crippen molar-refractivity contribution in [1.82, 2.24) is 20.0 Å². The predicted octanol–water partition coefficient (Wildman–Crippen LogP) is 2.64. The second kappa shape index (κ2) is 9.31. The summed E-state index contributed by atoms with van der Waals surface area (Å²) >= 11 is 0. The van der Waals surface area contributed by atoms with E-state index in [1.54, 1.807) is 11.8 Å². The number of benzene rings is 2. The molecule has 2 aromatic rings. The molecule has 2 fully saturated rings. The van der Waals surface area contributed by atoms with E-state index in [1.807, 2.05) is 6.07 Å². The van der Waals surface area contributed by atoms with E-state index < -0.39 is 23.3 Å². The van der Waals surface area contributed by atoms with Gasteiger partial charge in [0.25, 0.3) is 5.91 Å². The molecule has 174 valence electrons. The van der Waals surface area contributed by atoms with Gasteiger partial charge in [-0.05, 0) is 36.6 Å². The van der Waals surface area contributed by atoms with Gasteiger partial charge in [-0.2, -0.15) is 0 Å². The van der Waals surface area contributed by atoms with Crippen LogP contribution < -0.4 is 5.32 Å². The van der Waals surface area contributed by atoms with Crippen LogP contribution in [0.1, 0.15) is 30.0 Å². The number of aryl methyl sites for hydroxylation is 1. The molecule has 2 heterocycles. The van der Waals surface area contributed by atoms with Crippen LogP contribution in [0.5, 0.6) is 0 Å². The lowest BCUT2D eigenvalue weighted by molar-refractivity contribution is -0.140. The van der Waals surface area contributed by atoms with E-state index in [0.717, 1.165) is 24.5 Å². The third kappa shape index (κ3) is 4.61. The van der Waals surface area contributed by atoms with Gasteiger partial charge >= 0.3 is 6.03 Å². The third-order valence-corrected chi connectivity index (χ3v) is 6.55. The Morgan fingerprint density at radius 3 is 2.39 bits per heavy atom. The van der Waals surface area contributed by atoms with Gasteiger partial charge in [-0.25, -0.2) is 9.18 Å². The molecule has 2 saturated heterocycles. The molecule has 4 rings (SSSR count). The molecule has 1 atom stereocenters. The maximum Gasteiger partial charge on any atom is 0.325 e. The van der Waals surface area contributed by atoms with Gasteiger partial charge in [0.2, 0.25) is 5.91 Å². The third-order valence-electron chi connectivity index (χ3n) is 6.55. The molecule has 2 aliphatic rings. The first-order chi connectivity index (χ1) is 15.8. The fourth-order valence-electron chi connectivity index (χ4n) is 4.60. The predicted molar refractivity (Wildman–Crippen MR) is 122 cm³/mol. The van der Waals surface area contributed by atoms with Crippen LogP contribution in [0.2, 0.25) is 0 Å². The van der Waals surface area contributed by atoms with Gasteiger partial charge in [0.05, 0.1) is 0 Å². The quantitative estimate of drug-likeness (QED) is 0.684. The van der Waals surface area contributed by atoms with Crippen molar-refractivity contribution in [3.63, 3.8) is 0 Å². The molecular weight excluding hydrogens is 423 g/mol. The number of carbonyl (C=O) groups excluding carboxylic acids is 3. The summed E-state index contributed by atoms with van der Waals surface area (Å²) in [6.07, 6.45) is 0.297. The highest BCUT2D eigenvalue weighted by molar-refractivity contribution is 6.09. The molecule has 0 aliphatic carbocycles. The summed E-state index contributed by atoms with van der Waals surface area (Å²) < 4.78 is 13.4. The lowest BCUT2D eigenvalue weighted by Gasteiger charge is -2.35. The molecule has 2 aliphatic heterocycles. The van der Waals surface area contributed by atoms with Gasteiger partial charge in [0.15, 0.2) is 0 Å². The van der Waals surface area contributed by atoms with Crippen LogP contribution >= 0.6 is 0 Å². The second-order valence-electron chi connectivity index (χ2n) is 8.73. The highest BCUT2D eigenvalue weighted by Crippen LogP contribution is 2.32.